The van der Waals surface area contributed by atoms with Crippen molar-refractivity contribution in [3.8, 4) is 5.75 Å². The smallest absolute Gasteiger partial charge is 0.347 e. The summed E-state index contributed by atoms with van der Waals surface area (Å²) in [6.07, 6.45) is 0.108. The number of phenolic OH excluding ortho intramolecular Hbond substituents is 1. The minimum absolute atomic E-state index is 0.0248. The van der Waals surface area contributed by atoms with Crippen molar-refractivity contribution in [3.63, 3.8) is 0 Å². The molecule has 37 heavy (non-hydrogen) atoms. The quantitative estimate of drug-likeness (QED) is 0.160. The second-order valence-electron chi connectivity index (χ2n) is 9.83. The van der Waals surface area contributed by atoms with Gasteiger partial charge in [0.2, 0.25) is 5.54 Å². The second kappa shape index (κ2) is 7.85. The number of ketones is 2. The number of rotatable bonds is 3. The Labute approximate surface area is 209 Å². The summed E-state index contributed by atoms with van der Waals surface area (Å²) >= 11 is 0. The van der Waals surface area contributed by atoms with Gasteiger partial charge in [0.05, 0.1) is 21.8 Å². The lowest BCUT2D eigenvalue weighted by molar-refractivity contribution is -0.384. The maximum Gasteiger partial charge on any atom is 0.347 e. The molecule has 1 amide bonds. The lowest BCUT2D eigenvalue weighted by atomic mass is 9.70. The predicted molar refractivity (Wildman–Crippen MR) is 127 cm³/mol. The molecule has 2 heterocycles. The molecule has 1 fully saturated rings. The summed E-state index contributed by atoms with van der Waals surface area (Å²) in [7, 11) is 0. The van der Waals surface area contributed by atoms with Crippen LogP contribution in [-0.4, -0.2) is 44.1 Å². The van der Waals surface area contributed by atoms with E-state index in [2.05, 4.69) is 0 Å². The molecule has 2 aliphatic heterocycles. The van der Waals surface area contributed by atoms with Crippen molar-refractivity contribution in [2.24, 2.45) is 5.41 Å². The van der Waals surface area contributed by atoms with Gasteiger partial charge in [0.15, 0.2) is 5.78 Å². The highest BCUT2D eigenvalue weighted by Gasteiger charge is 2.71. The zero-order valence-electron chi connectivity index (χ0n) is 19.7. The van der Waals surface area contributed by atoms with E-state index < -0.39 is 56.4 Å². The first kappa shape index (κ1) is 23.9. The summed E-state index contributed by atoms with van der Waals surface area (Å²) in [4.78, 5) is 65.2. The van der Waals surface area contributed by atoms with Crippen molar-refractivity contribution < 1.29 is 39.1 Å². The Bertz CT molecular complexity index is 1500. The molecule has 3 aliphatic rings. The number of benzene rings is 2. The zero-order valence-corrected chi connectivity index (χ0v) is 19.7. The van der Waals surface area contributed by atoms with Gasteiger partial charge in [0.1, 0.15) is 17.3 Å². The lowest BCUT2D eigenvalue weighted by Gasteiger charge is -2.36. The van der Waals surface area contributed by atoms with Gasteiger partial charge in [-0.3, -0.25) is 29.4 Å². The summed E-state index contributed by atoms with van der Waals surface area (Å²) in [6, 6.07) is 9.90. The van der Waals surface area contributed by atoms with Gasteiger partial charge in [-0.15, -0.1) is 0 Å². The number of aliphatic hydroxyl groups is 1. The first-order chi connectivity index (χ1) is 17.4. The highest BCUT2D eigenvalue weighted by Crippen LogP contribution is 2.55. The minimum atomic E-state index is -2.50. The average Bonchev–Trinajstić information content (AvgIpc) is 3.23. The number of carbonyl (C=O) groups is 4. The summed E-state index contributed by atoms with van der Waals surface area (Å²) in [5.74, 6) is -5.58. The normalized spacial score (nSPS) is 24.0. The number of Topliss-reactive ketones (excluding diaryl/α,β-unsaturated/α-hetero) is 2. The molecule has 1 atom stereocenters. The first-order valence-corrected chi connectivity index (χ1v) is 11.2. The van der Waals surface area contributed by atoms with E-state index in [1.165, 1.54) is 24.3 Å². The molecule has 2 aromatic carbocycles. The Balaban J connectivity index is 1.86. The number of aromatic hydroxyl groups is 1. The maximum absolute atomic E-state index is 13.7. The molecular formula is C26H20N2O9. The fourth-order valence-corrected chi connectivity index (χ4v) is 5.22. The van der Waals surface area contributed by atoms with Crippen LogP contribution in [0.1, 0.15) is 32.3 Å². The molecule has 0 saturated carbocycles. The third-order valence-electron chi connectivity index (χ3n) is 6.74. The number of amides is 1. The number of nitro groups is 1. The van der Waals surface area contributed by atoms with Crippen LogP contribution in [0, 0.1) is 15.5 Å². The molecule has 188 valence electrons. The highest BCUT2D eigenvalue weighted by atomic mass is 16.6. The Morgan fingerprint density at radius 2 is 1.68 bits per heavy atom. The Hall–Kier alpha value is -4.80. The van der Waals surface area contributed by atoms with Crippen molar-refractivity contribution in [1.29, 1.82) is 0 Å². The Kier molecular flexibility index (Phi) is 5.08. The molecule has 0 bridgehead atoms. The van der Waals surface area contributed by atoms with Crippen molar-refractivity contribution in [3.05, 3.63) is 81.1 Å². The van der Waals surface area contributed by atoms with E-state index in [4.69, 9.17) is 4.74 Å². The van der Waals surface area contributed by atoms with Gasteiger partial charge >= 0.3 is 11.9 Å². The molecule has 11 heteroatoms. The molecule has 11 nitrogen and oxygen atoms in total. The third kappa shape index (κ3) is 3.27. The van der Waals surface area contributed by atoms with Crippen LogP contribution in [0.25, 0.3) is 5.76 Å². The summed E-state index contributed by atoms with van der Waals surface area (Å²) in [5.41, 5.74) is -4.71. The van der Waals surface area contributed by atoms with Gasteiger partial charge in [-0.05, 0) is 29.7 Å². The fourth-order valence-electron chi connectivity index (χ4n) is 5.22. The summed E-state index contributed by atoms with van der Waals surface area (Å²) < 4.78 is 5.52. The summed E-state index contributed by atoms with van der Waals surface area (Å²) in [5, 5.41) is 32.9. The number of non-ortho nitro benzene ring substituents is 1. The number of fused-ring (bicyclic) bond motifs is 1. The van der Waals surface area contributed by atoms with Crippen molar-refractivity contribution in [1.82, 2.24) is 0 Å². The fraction of sp³-hybridized carbons (Fsp3) is 0.231. The molecule has 5 rings (SSSR count). The number of para-hydroxylation sites is 2. The van der Waals surface area contributed by atoms with Crippen LogP contribution in [-0.2, 0) is 23.9 Å². The lowest BCUT2D eigenvalue weighted by Crippen LogP contribution is -2.55. The van der Waals surface area contributed by atoms with Gasteiger partial charge in [0, 0.05) is 30.5 Å². The molecule has 2 aromatic rings. The zero-order chi connectivity index (χ0) is 26.9. The van der Waals surface area contributed by atoms with Gasteiger partial charge < -0.3 is 14.9 Å². The van der Waals surface area contributed by atoms with E-state index in [0.29, 0.717) is 4.90 Å². The molecular weight excluding hydrogens is 484 g/mol. The van der Waals surface area contributed by atoms with Crippen LogP contribution in [0.15, 0.2) is 65.4 Å². The molecule has 1 aliphatic carbocycles. The maximum atomic E-state index is 13.7. The van der Waals surface area contributed by atoms with Crippen LogP contribution >= 0.6 is 0 Å². The third-order valence-corrected chi connectivity index (χ3v) is 6.74. The standard InChI is InChI=1S/C26H20N2O9/c1-25(2)11-17(30)19-18(12-25)37-24(34)26(19)20(21(31)13-7-9-14(10-8-13)28(35)36)22(32)23(33)27(26)15-5-3-4-6-16(15)29/h3-10,29,31H,11-12H2,1-2H3/b21-20-. The number of ether oxygens (including phenoxy) is 1. The molecule has 1 unspecified atom stereocenters. The average molecular weight is 504 g/mol. The van der Waals surface area contributed by atoms with E-state index in [9.17, 15) is 39.5 Å². The number of nitrogens with zero attached hydrogens (tertiary/aromatic N) is 2. The van der Waals surface area contributed by atoms with Gasteiger partial charge in [-0.25, -0.2) is 4.79 Å². The van der Waals surface area contributed by atoms with Crippen molar-refractivity contribution in [2.75, 3.05) is 4.90 Å². The number of esters is 1. The van der Waals surface area contributed by atoms with Gasteiger partial charge in [-0.2, -0.15) is 0 Å². The van der Waals surface area contributed by atoms with Crippen LogP contribution in [0.4, 0.5) is 11.4 Å². The number of hydrogen-bond donors (Lipinski definition) is 2. The van der Waals surface area contributed by atoms with E-state index >= 15 is 0 Å². The molecule has 2 N–H and O–H groups in total. The Morgan fingerprint density at radius 3 is 2.30 bits per heavy atom. The van der Waals surface area contributed by atoms with E-state index in [1.807, 2.05) is 0 Å². The number of hydrogen-bond acceptors (Lipinski definition) is 9. The number of aliphatic hydroxyl groups excluding tert-OH is 1. The minimum Gasteiger partial charge on any atom is -0.507 e. The topological polar surface area (TPSA) is 164 Å². The number of allylic oxidation sites excluding steroid dienone is 1. The highest BCUT2D eigenvalue weighted by molar-refractivity contribution is 6.55. The molecule has 1 spiro atoms. The largest absolute Gasteiger partial charge is 0.507 e. The van der Waals surface area contributed by atoms with Gasteiger partial charge in [-0.1, -0.05) is 26.0 Å². The molecule has 0 aromatic heterocycles. The van der Waals surface area contributed by atoms with Crippen LogP contribution in [0.3, 0.4) is 0 Å². The van der Waals surface area contributed by atoms with Crippen LogP contribution in [0.2, 0.25) is 0 Å². The molecule has 0 radical (unpaired) electrons. The predicted octanol–water partition coefficient (Wildman–Crippen LogP) is 3.12. The second-order valence-corrected chi connectivity index (χ2v) is 9.83. The number of carbonyl (C=O) groups excluding carboxylic acids is 4. The molecule has 1 saturated heterocycles. The van der Waals surface area contributed by atoms with Crippen LogP contribution < -0.4 is 4.90 Å². The monoisotopic (exact) mass is 504 g/mol. The van der Waals surface area contributed by atoms with Crippen molar-refractivity contribution >= 4 is 40.6 Å². The van der Waals surface area contributed by atoms with Crippen molar-refractivity contribution in [2.45, 2.75) is 32.2 Å². The van der Waals surface area contributed by atoms with E-state index in [0.717, 1.165) is 24.3 Å². The van der Waals surface area contributed by atoms with Gasteiger partial charge in [0.25, 0.3) is 11.5 Å². The number of phenols is 1. The Morgan fingerprint density at radius 1 is 1.03 bits per heavy atom. The SMILES string of the molecule is CC1(C)CC(=O)C2=C(C1)OC(=O)C21/C(=C(\O)c2ccc([N+](=O)[O-])cc2)C(=O)C(=O)N1c1ccccc1O. The summed E-state index contributed by atoms with van der Waals surface area (Å²) in [6.45, 7) is 3.59. The number of anilines is 1. The van der Waals surface area contributed by atoms with E-state index in [1.54, 1.807) is 13.8 Å². The number of nitro benzene ring substituents is 1. The first-order valence-electron chi connectivity index (χ1n) is 11.2. The van der Waals surface area contributed by atoms with E-state index in [-0.39, 0.29) is 41.1 Å². The van der Waals surface area contributed by atoms with Crippen LogP contribution in [0.5, 0.6) is 5.75 Å².